The molecule has 0 amide bonds. The Morgan fingerprint density at radius 2 is 1.71 bits per heavy atom. The number of carbonyl (C=O) groups excluding carboxylic acids is 1. The lowest BCUT2D eigenvalue weighted by molar-refractivity contribution is 0.103. The van der Waals surface area contributed by atoms with Crippen molar-refractivity contribution >= 4 is 40.4 Å². The van der Waals surface area contributed by atoms with Crippen LogP contribution in [0.5, 0.6) is 11.5 Å². The van der Waals surface area contributed by atoms with Gasteiger partial charge in [0.2, 0.25) is 6.79 Å². The molecule has 0 atom stereocenters. The van der Waals surface area contributed by atoms with Gasteiger partial charge >= 0.3 is 0 Å². The van der Waals surface area contributed by atoms with Crippen LogP contribution in [0.1, 0.15) is 21.5 Å². The monoisotopic (exact) mass is 493 g/mol. The van der Waals surface area contributed by atoms with Crippen LogP contribution >= 0.6 is 23.8 Å². The van der Waals surface area contributed by atoms with Crippen molar-refractivity contribution in [3.05, 3.63) is 88.4 Å². The highest BCUT2D eigenvalue weighted by Crippen LogP contribution is 2.33. The number of anilines is 1. The highest BCUT2D eigenvalue weighted by molar-refractivity contribution is 7.80. The largest absolute Gasteiger partial charge is 0.454 e. The third-order valence-electron chi connectivity index (χ3n) is 6.01. The van der Waals surface area contributed by atoms with Crippen molar-refractivity contribution in [2.45, 2.75) is 6.54 Å². The summed E-state index contributed by atoms with van der Waals surface area (Å²) in [7, 11) is 0. The summed E-state index contributed by atoms with van der Waals surface area (Å²) in [6.07, 6.45) is 0. The van der Waals surface area contributed by atoms with E-state index in [1.54, 1.807) is 30.3 Å². The molecule has 2 aliphatic heterocycles. The molecule has 0 radical (unpaired) electrons. The summed E-state index contributed by atoms with van der Waals surface area (Å²) in [5, 5.41) is 4.39. The molecular weight excluding hydrogens is 470 g/mol. The SMILES string of the molecule is O=C(c1ccccc1)c1cc(Cl)ccc1NC(=S)N1CCN(Cc2ccc3c(c2)OCO3)CC1. The highest BCUT2D eigenvalue weighted by Gasteiger charge is 2.22. The summed E-state index contributed by atoms with van der Waals surface area (Å²) in [5.41, 5.74) is 2.97. The fourth-order valence-electron chi connectivity index (χ4n) is 4.16. The lowest BCUT2D eigenvalue weighted by Gasteiger charge is -2.36. The van der Waals surface area contributed by atoms with Crippen LogP contribution in [-0.4, -0.2) is 53.7 Å². The van der Waals surface area contributed by atoms with Gasteiger partial charge in [0.25, 0.3) is 0 Å². The van der Waals surface area contributed by atoms with Crippen LogP contribution in [-0.2, 0) is 6.54 Å². The number of ether oxygens (including phenoxy) is 2. The molecule has 0 unspecified atom stereocenters. The van der Waals surface area contributed by atoms with E-state index in [0.29, 0.717) is 26.9 Å². The number of thiocarbonyl (C=S) groups is 1. The second-order valence-electron chi connectivity index (χ2n) is 8.27. The van der Waals surface area contributed by atoms with E-state index in [0.717, 1.165) is 44.2 Å². The molecule has 2 heterocycles. The van der Waals surface area contributed by atoms with Crippen LogP contribution in [0.2, 0.25) is 5.02 Å². The van der Waals surface area contributed by atoms with Gasteiger partial charge < -0.3 is 19.7 Å². The minimum absolute atomic E-state index is 0.0954. The van der Waals surface area contributed by atoms with E-state index in [4.69, 9.17) is 33.3 Å². The van der Waals surface area contributed by atoms with Gasteiger partial charge in [-0.25, -0.2) is 0 Å². The van der Waals surface area contributed by atoms with E-state index in [2.05, 4.69) is 21.2 Å². The van der Waals surface area contributed by atoms with Crippen molar-refractivity contribution in [1.82, 2.24) is 9.80 Å². The first-order valence-corrected chi connectivity index (χ1v) is 11.9. The summed E-state index contributed by atoms with van der Waals surface area (Å²) in [6.45, 7) is 4.49. The van der Waals surface area contributed by atoms with Crippen LogP contribution in [0, 0.1) is 0 Å². The maximum absolute atomic E-state index is 13.1. The van der Waals surface area contributed by atoms with Gasteiger partial charge in [0.05, 0.1) is 5.69 Å². The van der Waals surface area contributed by atoms with Crippen molar-refractivity contribution in [1.29, 1.82) is 0 Å². The van der Waals surface area contributed by atoms with Crippen molar-refractivity contribution in [3.8, 4) is 11.5 Å². The number of hydrogen-bond donors (Lipinski definition) is 1. The molecule has 34 heavy (non-hydrogen) atoms. The number of piperazine rings is 1. The Hall–Kier alpha value is -3.13. The zero-order valence-corrected chi connectivity index (χ0v) is 20.1. The molecule has 1 saturated heterocycles. The summed E-state index contributed by atoms with van der Waals surface area (Å²) < 4.78 is 10.9. The number of nitrogens with zero attached hydrogens (tertiary/aromatic N) is 2. The molecule has 6 nitrogen and oxygen atoms in total. The number of fused-ring (bicyclic) bond motifs is 1. The van der Waals surface area contributed by atoms with Crippen molar-refractivity contribution in [3.63, 3.8) is 0 Å². The minimum Gasteiger partial charge on any atom is -0.454 e. The molecule has 3 aromatic rings. The van der Waals surface area contributed by atoms with Crippen LogP contribution in [0.4, 0.5) is 5.69 Å². The van der Waals surface area contributed by atoms with E-state index in [1.807, 2.05) is 30.3 Å². The summed E-state index contributed by atoms with van der Waals surface area (Å²) in [6, 6.07) is 20.5. The molecule has 174 valence electrons. The Morgan fingerprint density at radius 3 is 2.50 bits per heavy atom. The van der Waals surface area contributed by atoms with E-state index in [1.165, 1.54) is 5.56 Å². The molecule has 8 heteroatoms. The Balaban J connectivity index is 1.21. The third-order valence-corrected chi connectivity index (χ3v) is 6.60. The number of benzene rings is 3. The zero-order chi connectivity index (χ0) is 23.5. The fraction of sp³-hybridized carbons (Fsp3) is 0.231. The predicted molar refractivity (Wildman–Crippen MR) is 137 cm³/mol. The van der Waals surface area contributed by atoms with Gasteiger partial charge in [-0.3, -0.25) is 9.69 Å². The van der Waals surface area contributed by atoms with Gasteiger partial charge in [-0.1, -0.05) is 48.0 Å². The molecule has 0 bridgehead atoms. The van der Waals surface area contributed by atoms with E-state index in [9.17, 15) is 4.79 Å². The van der Waals surface area contributed by atoms with Crippen LogP contribution in [0.3, 0.4) is 0 Å². The summed E-state index contributed by atoms with van der Waals surface area (Å²) in [4.78, 5) is 17.6. The molecule has 0 aromatic heterocycles. The second kappa shape index (κ2) is 10.0. The molecule has 0 aliphatic carbocycles. The second-order valence-corrected chi connectivity index (χ2v) is 9.09. The molecule has 1 fully saturated rings. The zero-order valence-electron chi connectivity index (χ0n) is 18.5. The van der Waals surface area contributed by atoms with Crippen LogP contribution in [0.25, 0.3) is 0 Å². The minimum atomic E-state index is -0.0954. The molecule has 1 N–H and O–H groups in total. The maximum Gasteiger partial charge on any atom is 0.231 e. The predicted octanol–water partition coefficient (Wildman–Crippen LogP) is 4.81. The average Bonchev–Trinajstić information content (AvgIpc) is 3.33. The molecular formula is C26H24ClN3O3S. The van der Waals surface area contributed by atoms with Crippen molar-refractivity contribution in [2.75, 3.05) is 38.3 Å². The number of halogens is 1. The van der Waals surface area contributed by atoms with Gasteiger partial charge in [0.15, 0.2) is 22.4 Å². The third kappa shape index (κ3) is 5.01. The summed E-state index contributed by atoms with van der Waals surface area (Å²) >= 11 is 11.9. The average molecular weight is 494 g/mol. The van der Waals surface area contributed by atoms with E-state index < -0.39 is 0 Å². The highest BCUT2D eigenvalue weighted by atomic mass is 35.5. The Kier molecular flexibility index (Phi) is 6.67. The number of nitrogens with one attached hydrogen (secondary N) is 1. The summed E-state index contributed by atoms with van der Waals surface area (Å²) in [5.74, 6) is 1.52. The standard InChI is InChI=1S/C26H24ClN3O3S/c27-20-7-8-22(21(15-20)25(31)19-4-2-1-3-5-19)28-26(34)30-12-10-29(11-13-30)16-18-6-9-23-24(14-18)33-17-32-23/h1-9,14-15H,10-13,16-17H2,(H,28,34). The molecule has 0 spiro atoms. The molecule has 5 rings (SSSR count). The number of carbonyl (C=O) groups is 1. The smallest absolute Gasteiger partial charge is 0.231 e. The van der Waals surface area contributed by atoms with Gasteiger partial charge in [0, 0.05) is 48.9 Å². The van der Waals surface area contributed by atoms with E-state index in [-0.39, 0.29) is 12.6 Å². The molecule has 0 saturated carbocycles. The first kappa shape index (κ1) is 22.7. The quantitative estimate of drug-likeness (QED) is 0.404. The first-order chi connectivity index (χ1) is 16.6. The lowest BCUT2D eigenvalue weighted by atomic mass is 10.0. The number of rotatable bonds is 5. The van der Waals surface area contributed by atoms with Gasteiger partial charge in [-0.05, 0) is 48.1 Å². The lowest BCUT2D eigenvalue weighted by Crippen LogP contribution is -2.49. The van der Waals surface area contributed by atoms with Crippen LogP contribution in [0.15, 0.2) is 66.7 Å². The van der Waals surface area contributed by atoms with Crippen molar-refractivity contribution < 1.29 is 14.3 Å². The topological polar surface area (TPSA) is 54.0 Å². The normalized spacial score (nSPS) is 15.3. The van der Waals surface area contributed by atoms with Gasteiger partial charge in [0.1, 0.15) is 0 Å². The van der Waals surface area contributed by atoms with Crippen LogP contribution < -0.4 is 14.8 Å². The maximum atomic E-state index is 13.1. The van der Waals surface area contributed by atoms with E-state index >= 15 is 0 Å². The van der Waals surface area contributed by atoms with Gasteiger partial charge in [-0.15, -0.1) is 0 Å². The number of hydrogen-bond acceptors (Lipinski definition) is 5. The van der Waals surface area contributed by atoms with Crippen molar-refractivity contribution in [2.24, 2.45) is 0 Å². The molecule has 2 aliphatic rings. The Bertz CT molecular complexity index is 1210. The first-order valence-electron chi connectivity index (χ1n) is 11.1. The fourth-order valence-corrected chi connectivity index (χ4v) is 4.62. The molecule has 3 aromatic carbocycles. The number of ketones is 1. The van der Waals surface area contributed by atoms with Gasteiger partial charge in [-0.2, -0.15) is 0 Å². The Morgan fingerprint density at radius 1 is 0.941 bits per heavy atom. The Labute approximate surface area is 209 Å².